The lowest BCUT2D eigenvalue weighted by molar-refractivity contribution is 0.0205. The molecule has 1 aliphatic rings. The van der Waals surface area contributed by atoms with Gasteiger partial charge in [0.1, 0.15) is 5.75 Å². The van der Waals surface area contributed by atoms with Crippen LogP contribution in [0.4, 0.5) is 0 Å². The maximum Gasteiger partial charge on any atom is 0.191 e. The number of ether oxygens (including phenoxy) is 3. The molecule has 2 rings (SSSR count). The molecular formula is C23H40IN3O3. The van der Waals surface area contributed by atoms with Crippen LogP contribution in [0.1, 0.15) is 45.1 Å². The molecule has 1 aromatic rings. The third-order valence-electron chi connectivity index (χ3n) is 4.83. The van der Waals surface area contributed by atoms with Crippen molar-refractivity contribution in [3.8, 4) is 5.75 Å². The predicted molar refractivity (Wildman–Crippen MR) is 134 cm³/mol. The monoisotopic (exact) mass is 533 g/mol. The zero-order chi connectivity index (χ0) is 20.6. The summed E-state index contributed by atoms with van der Waals surface area (Å²) in [5.41, 5.74) is 1.27. The predicted octanol–water partition coefficient (Wildman–Crippen LogP) is 4.02. The molecule has 6 nitrogen and oxygen atoms in total. The molecule has 0 bridgehead atoms. The van der Waals surface area contributed by atoms with Gasteiger partial charge in [-0.1, -0.05) is 19.1 Å². The Bertz CT molecular complexity index is 581. The van der Waals surface area contributed by atoms with E-state index in [4.69, 9.17) is 14.2 Å². The van der Waals surface area contributed by atoms with Crippen molar-refractivity contribution in [3.63, 3.8) is 0 Å². The summed E-state index contributed by atoms with van der Waals surface area (Å²) in [6, 6.07) is 8.33. The van der Waals surface area contributed by atoms with Gasteiger partial charge in [0.25, 0.3) is 0 Å². The van der Waals surface area contributed by atoms with E-state index in [-0.39, 0.29) is 24.0 Å². The van der Waals surface area contributed by atoms with Crippen LogP contribution in [0.3, 0.4) is 0 Å². The fraction of sp³-hybridized carbons (Fsp3) is 0.696. The summed E-state index contributed by atoms with van der Waals surface area (Å²) in [6.45, 7) is 10.8. The van der Waals surface area contributed by atoms with E-state index in [0.717, 1.165) is 96.5 Å². The summed E-state index contributed by atoms with van der Waals surface area (Å²) < 4.78 is 16.9. The molecule has 30 heavy (non-hydrogen) atoms. The van der Waals surface area contributed by atoms with Gasteiger partial charge in [-0.15, -0.1) is 24.0 Å². The van der Waals surface area contributed by atoms with Crippen LogP contribution in [0.15, 0.2) is 29.3 Å². The molecule has 172 valence electrons. The number of benzene rings is 1. The van der Waals surface area contributed by atoms with Crippen molar-refractivity contribution < 1.29 is 14.2 Å². The van der Waals surface area contributed by atoms with Gasteiger partial charge in [0, 0.05) is 46.1 Å². The number of hydrogen-bond acceptors (Lipinski definition) is 4. The van der Waals surface area contributed by atoms with E-state index < -0.39 is 0 Å². The third kappa shape index (κ3) is 12.0. The number of guanidine groups is 1. The largest absolute Gasteiger partial charge is 0.494 e. The van der Waals surface area contributed by atoms with Gasteiger partial charge < -0.3 is 24.8 Å². The highest BCUT2D eigenvalue weighted by Gasteiger charge is 2.13. The molecule has 1 heterocycles. The highest BCUT2D eigenvalue weighted by molar-refractivity contribution is 14.0. The van der Waals surface area contributed by atoms with Gasteiger partial charge in [-0.2, -0.15) is 0 Å². The van der Waals surface area contributed by atoms with Crippen molar-refractivity contribution in [1.82, 2.24) is 10.6 Å². The summed E-state index contributed by atoms with van der Waals surface area (Å²) in [6.07, 6.45) is 5.15. The lowest BCUT2D eigenvalue weighted by atomic mass is 10.0. The number of aliphatic imine (C=N–C) groups is 1. The van der Waals surface area contributed by atoms with Gasteiger partial charge in [-0.3, -0.25) is 4.99 Å². The molecule has 0 unspecified atom stereocenters. The van der Waals surface area contributed by atoms with E-state index in [0.29, 0.717) is 5.92 Å². The second kappa shape index (κ2) is 17.6. The van der Waals surface area contributed by atoms with Crippen molar-refractivity contribution in [1.29, 1.82) is 0 Å². The van der Waals surface area contributed by atoms with Crippen LogP contribution in [-0.4, -0.2) is 58.6 Å². The Morgan fingerprint density at radius 3 is 2.77 bits per heavy atom. The average molecular weight is 533 g/mol. The second-order valence-corrected chi connectivity index (χ2v) is 7.42. The Kier molecular flexibility index (Phi) is 15.8. The molecule has 0 amide bonds. The first kappa shape index (κ1) is 27.0. The van der Waals surface area contributed by atoms with Crippen LogP contribution >= 0.6 is 24.0 Å². The number of halogens is 1. The number of rotatable bonds is 13. The molecule has 0 atom stereocenters. The third-order valence-corrected chi connectivity index (χ3v) is 4.83. The van der Waals surface area contributed by atoms with Crippen molar-refractivity contribution >= 4 is 29.9 Å². The van der Waals surface area contributed by atoms with Crippen LogP contribution in [0.25, 0.3) is 0 Å². The van der Waals surface area contributed by atoms with E-state index in [1.165, 1.54) is 5.56 Å². The first-order chi connectivity index (χ1) is 14.3. The van der Waals surface area contributed by atoms with Gasteiger partial charge in [-0.05, 0) is 62.6 Å². The molecule has 0 saturated carbocycles. The van der Waals surface area contributed by atoms with Gasteiger partial charge in [-0.25, -0.2) is 0 Å². The SMILES string of the molecule is CCCOc1cccc(CCNC(=NCCCOCC2CCOCC2)NCC)c1.I. The molecule has 1 aromatic carbocycles. The van der Waals surface area contributed by atoms with Gasteiger partial charge in [0.15, 0.2) is 5.96 Å². The van der Waals surface area contributed by atoms with E-state index in [2.05, 4.69) is 47.7 Å². The summed E-state index contributed by atoms with van der Waals surface area (Å²) in [7, 11) is 0. The van der Waals surface area contributed by atoms with Crippen LogP contribution < -0.4 is 15.4 Å². The minimum atomic E-state index is 0. The maximum absolute atomic E-state index is 5.82. The summed E-state index contributed by atoms with van der Waals surface area (Å²) in [4.78, 5) is 4.66. The van der Waals surface area contributed by atoms with Gasteiger partial charge in [0.2, 0.25) is 0 Å². The Morgan fingerprint density at radius 1 is 1.17 bits per heavy atom. The molecule has 0 aromatic heterocycles. The first-order valence-electron chi connectivity index (χ1n) is 11.2. The molecule has 1 saturated heterocycles. The minimum Gasteiger partial charge on any atom is -0.494 e. The Morgan fingerprint density at radius 2 is 2.00 bits per heavy atom. The van der Waals surface area contributed by atoms with Crippen LogP contribution in [-0.2, 0) is 15.9 Å². The highest BCUT2D eigenvalue weighted by Crippen LogP contribution is 2.15. The maximum atomic E-state index is 5.82. The Labute approximate surface area is 199 Å². The van der Waals surface area contributed by atoms with Crippen LogP contribution in [0.2, 0.25) is 0 Å². The van der Waals surface area contributed by atoms with Crippen LogP contribution in [0.5, 0.6) is 5.75 Å². The molecule has 7 heteroatoms. The lowest BCUT2D eigenvalue weighted by Gasteiger charge is -2.21. The lowest BCUT2D eigenvalue weighted by Crippen LogP contribution is -2.38. The molecule has 0 aliphatic carbocycles. The molecule has 2 N–H and O–H groups in total. The smallest absolute Gasteiger partial charge is 0.191 e. The average Bonchev–Trinajstić information content (AvgIpc) is 2.75. The van der Waals surface area contributed by atoms with Gasteiger partial charge in [0.05, 0.1) is 6.61 Å². The first-order valence-corrected chi connectivity index (χ1v) is 11.2. The van der Waals surface area contributed by atoms with Gasteiger partial charge >= 0.3 is 0 Å². The quantitative estimate of drug-likeness (QED) is 0.174. The Balaban J connectivity index is 0.00000450. The fourth-order valence-corrected chi connectivity index (χ4v) is 3.20. The topological polar surface area (TPSA) is 64.1 Å². The van der Waals surface area contributed by atoms with Crippen molar-refractivity contribution in [2.75, 3.05) is 52.7 Å². The number of hydrogen-bond donors (Lipinski definition) is 2. The molecule has 0 spiro atoms. The zero-order valence-electron chi connectivity index (χ0n) is 18.7. The van der Waals surface area contributed by atoms with Crippen molar-refractivity contribution in [3.05, 3.63) is 29.8 Å². The van der Waals surface area contributed by atoms with Crippen molar-refractivity contribution in [2.45, 2.75) is 46.0 Å². The van der Waals surface area contributed by atoms with E-state index in [9.17, 15) is 0 Å². The fourth-order valence-electron chi connectivity index (χ4n) is 3.20. The molecule has 1 aliphatic heterocycles. The molecule has 0 radical (unpaired) electrons. The summed E-state index contributed by atoms with van der Waals surface area (Å²) in [5, 5.41) is 6.73. The van der Waals surface area contributed by atoms with Crippen LogP contribution in [0, 0.1) is 5.92 Å². The summed E-state index contributed by atoms with van der Waals surface area (Å²) in [5.74, 6) is 2.48. The minimum absolute atomic E-state index is 0. The number of nitrogens with one attached hydrogen (secondary N) is 2. The number of nitrogens with zero attached hydrogens (tertiary/aromatic N) is 1. The van der Waals surface area contributed by atoms with E-state index in [1.807, 2.05) is 6.07 Å². The van der Waals surface area contributed by atoms with E-state index in [1.54, 1.807) is 0 Å². The Hall–Kier alpha value is -1.06. The van der Waals surface area contributed by atoms with E-state index >= 15 is 0 Å². The second-order valence-electron chi connectivity index (χ2n) is 7.42. The normalized spacial score (nSPS) is 14.8. The van der Waals surface area contributed by atoms with Crippen molar-refractivity contribution in [2.24, 2.45) is 10.9 Å². The standard InChI is InChI=1S/C23H39N3O3.HI/c1-3-14-29-22-8-5-7-20(18-22)9-13-26-23(24-4-2)25-12-6-15-28-19-21-10-16-27-17-11-21;/h5,7-8,18,21H,3-4,6,9-17,19H2,1-2H3,(H2,24,25,26);1H. The molecular weight excluding hydrogens is 493 g/mol. The molecule has 1 fully saturated rings. The summed E-state index contributed by atoms with van der Waals surface area (Å²) >= 11 is 0. The highest BCUT2D eigenvalue weighted by atomic mass is 127. The zero-order valence-corrected chi connectivity index (χ0v) is 21.0.